The lowest BCUT2D eigenvalue weighted by molar-refractivity contribution is -0.142. The number of urea groups is 1. The highest BCUT2D eigenvalue weighted by molar-refractivity contribution is 5.95. The van der Waals surface area contributed by atoms with Gasteiger partial charge in [-0.3, -0.25) is 19.8 Å². The fourth-order valence-electron chi connectivity index (χ4n) is 1.85. The van der Waals surface area contributed by atoms with Gasteiger partial charge < -0.3 is 10.1 Å². The van der Waals surface area contributed by atoms with E-state index in [4.69, 9.17) is 0 Å². The van der Waals surface area contributed by atoms with Gasteiger partial charge in [0.1, 0.15) is 6.54 Å². The second-order valence-corrected chi connectivity index (χ2v) is 5.05. The molecule has 10 heteroatoms. The average Bonchev–Trinajstić information content (AvgIpc) is 2.53. The van der Waals surface area contributed by atoms with Crippen LogP contribution in [0.3, 0.4) is 0 Å². The monoisotopic (exact) mass is 361 g/mol. The summed E-state index contributed by atoms with van der Waals surface area (Å²) in [6.07, 6.45) is -4.58. The predicted octanol–water partition coefficient (Wildman–Crippen LogP) is 1.05. The van der Waals surface area contributed by atoms with Crippen molar-refractivity contribution in [1.29, 1.82) is 0 Å². The largest absolute Gasteiger partial charge is 0.468 e. The molecular formula is C15H18F3N3O4. The van der Waals surface area contributed by atoms with E-state index in [9.17, 15) is 27.6 Å². The first-order valence-corrected chi connectivity index (χ1v) is 7.17. The SMILES string of the molecule is COC(=O)CN(CC(=O)NC(=O)NCC(F)(F)F)Cc1ccccc1. The van der Waals surface area contributed by atoms with Gasteiger partial charge in [-0.2, -0.15) is 13.2 Å². The number of nitrogens with zero attached hydrogens (tertiary/aromatic N) is 1. The van der Waals surface area contributed by atoms with Crippen molar-refractivity contribution in [1.82, 2.24) is 15.5 Å². The summed E-state index contributed by atoms with van der Waals surface area (Å²) >= 11 is 0. The Labute approximate surface area is 142 Å². The molecule has 0 aromatic heterocycles. The number of halogens is 3. The maximum atomic E-state index is 12.0. The Morgan fingerprint density at radius 2 is 1.76 bits per heavy atom. The third-order valence-electron chi connectivity index (χ3n) is 2.90. The number of hydrogen-bond donors (Lipinski definition) is 2. The molecule has 0 unspecified atom stereocenters. The zero-order valence-electron chi connectivity index (χ0n) is 13.4. The fraction of sp³-hybridized carbons (Fsp3) is 0.400. The van der Waals surface area contributed by atoms with Crippen molar-refractivity contribution in [3.05, 3.63) is 35.9 Å². The molecule has 25 heavy (non-hydrogen) atoms. The number of nitrogens with one attached hydrogen (secondary N) is 2. The van der Waals surface area contributed by atoms with E-state index in [1.807, 2.05) is 0 Å². The van der Waals surface area contributed by atoms with Gasteiger partial charge in [-0.25, -0.2) is 4.79 Å². The molecule has 0 atom stereocenters. The molecule has 3 amide bonds. The lowest BCUT2D eigenvalue weighted by Gasteiger charge is -2.20. The number of carbonyl (C=O) groups is 3. The predicted molar refractivity (Wildman–Crippen MR) is 81.3 cm³/mol. The smallest absolute Gasteiger partial charge is 0.405 e. The summed E-state index contributed by atoms with van der Waals surface area (Å²) in [6.45, 7) is -1.93. The van der Waals surface area contributed by atoms with Crippen LogP contribution in [0.1, 0.15) is 5.56 Å². The van der Waals surface area contributed by atoms with Crippen molar-refractivity contribution in [2.75, 3.05) is 26.7 Å². The van der Waals surface area contributed by atoms with Crippen LogP contribution in [-0.2, 0) is 20.9 Å². The minimum atomic E-state index is -4.58. The number of rotatable bonds is 7. The molecule has 0 spiro atoms. The van der Waals surface area contributed by atoms with Crippen molar-refractivity contribution < 1.29 is 32.3 Å². The molecule has 138 valence electrons. The molecule has 0 saturated carbocycles. The van der Waals surface area contributed by atoms with Crippen LogP contribution in [0.2, 0.25) is 0 Å². The highest BCUT2D eigenvalue weighted by Gasteiger charge is 2.28. The van der Waals surface area contributed by atoms with Crippen LogP contribution >= 0.6 is 0 Å². The summed E-state index contributed by atoms with van der Waals surface area (Å²) in [5.74, 6) is -1.44. The van der Waals surface area contributed by atoms with Crippen LogP contribution in [-0.4, -0.2) is 55.7 Å². The zero-order chi connectivity index (χ0) is 18.9. The van der Waals surface area contributed by atoms with Crippen LogP contribution in [0.15, 0.2) is 30.3 Å². The van der Waals surface area contributed by atoms with Gasteiger partial charge in [-0.05, 0) is 5.56 Å². The summed E-state index contributed by atoms with van der Waals surface area (Å²) in [6, 6.07) is 7.63. The number of methoxy groups -OCH3 is 1. The van der Waals surface area contributed by atoms with Gasteiger partial charge >= 0.3 is 18.2 Å². The number of imide groups is 1. The number of alkyl halides is 3. The van der Waals surface area contributed by atoms with Gasteiger partial charge in [-0.15, -0.1) is 0 Å². The van der Waals surface area contributed by atoms with E-state index >= 15 is 0 Å². The summed E-state index contributed by atoms with van der Waals surface area (Å²) in [7, 11) is 1.19. The fourth-order valence-corrected chi connectivity index (χ4v) is 1.85. The number of hydrogen-bond acceptors (Lipinski definition) is 5. The van der Waals surface area contributed by atoms with Crippen LogP contribution in [0.5, 0.6) is 0 Å². The molecule has 1 aromatic rings. The number of esters is 1. The Morgan fingerprint density at radius 1 is 1.12 bits per heavy atom. The Hall–Kier alpha value is -2.62. The van der Waals surface area contributed by atoms with E-state index in [-0.39, 0.29) is 19.6 Å². The molecule has 0 bridgehead atoms. The first kappa shape index (κ1) is 20.4. The number of benzene rings is 1. The standard InChI is InChI=1S/C15H18F3N3O4/c1-25-13(23)9-21(7-11-5-3-2-4-6-11)8-12(22)20-14(24)19-10-15(16,17)18/h2-6H,7-10H2,1H3,(H2,19,20,22,24). The minimum absolute atomic E-state index is 0.216. The molecule has 2 N–H and O–H groups in total. The summed E-state index contributed by atoms with van der Waals surface area (Å²) in [5.41, 5.74) is 0.806. The van der Waals surface area contributed by atoms with Crippen LogP contribution in [0.4, 0.5) is 18.0 Å². The Balaban J connectivity index is 2.59. The number of carbonyl (C=O) groups excluding carboxylic acids is 3. The van der Waals surface area contributed by atoms with Gasteiger partial charge in [0, 0.05) is 6.54 Å². The van der Waals surface area contributed by atoms with E-state index in [1.54, 1.807) is 35.6 Å². The molecule has 0 fully saturated rings. The van der Waals surface area contributed by atoms with Crippen molar-refractivity contribution >= 4 is 17.9 Å². The van der Waals surface area contributed by atoms with Gasteiger partial charge in [-0.1, -0.05) is 30.3 Å². The highest BCUT2D eigenvalue weighted by Crippen LogP contribution is 2.11. The van der Waals surface area contributed by atoms with E-state index in [0.717, 1.165) is 5.56 Å². The van der Waals surface area contributed by atoms with Crippen LogP contribution < -0.4 is 10.6 Å². The topological polar surface area (TPSA) is 87.7 Å². The quantitative estimate of drug-likeness (QED) is 0.709. The van der Waals surface area contributed by atoms with Gasteiger partial charge in [0.15, 0.2) is 0 Å². The van der Waals surface area contributed by atoms with Gasteiger partial charge in [0.05, 0.1) is 20.2 Å². The second kappa shape index (κ2) is 9.62. The number of amides is 3. The first-order chi connectivity index (χ1) is 11.7. The normalized spacial score (nSPS) is 11.1. The van der Waals surface area contributed by atoms with Crippen molar-refractivity contribution in [2.45, 2.75) is 12.7 Å². The second-order valence-electron chi connectivity index (χ2n) is 5.05. The molecule has 1 aromatic carbocycles. The molecule has 0 aliphatic rings. The highest BCUT2D eigenvalue weighted by atomic mass is 19.4. The molecule has 0 radical (unpaired) electrons. The summed E-state index contributed by atoms with van der Waals surface area (Å²) in [4.78, 5) is 35.9. The summed E-state index contributed by atoms with van der Waals surface area (Å²) in [5, 5.41) is 3.30. The Bertz CT molecular complexity index is 593. The van der Waals surface area contributed by atoms with Gasteiger partial charge in [0.25, 0.3) is 0 Å². The van der Waals surface area contributed by atoms with E-state index in [0.29, 0.717) is 0 Å². The maximum Gasteiger partial charge on any atom is 0.405 e. The van der Waals surface area contributed by atoms with E-state index in [1.165, 1.54) is 17.3 Å². The summed E-state index contributed by atoms with van der Waals surface area (Å²) < 4.78 is 40.5. The minimum Gasteiger partial charge on any atom is -0.468 e. The van der Waals surface area contributed by atoms with Crippen molar-refractivity contribution in [3.8, 4) is 0 Å². The lowest BCUT2D eigenvalue weighted by Crippen LogP contribution is -2.47. The number of ether oxygens (including phenoxy) is 1. The van der Waals surface area contributed by atoms with Crippen molar-refractivity contribution in [2.24, 2.45) is 0 Å². The van der Waals surface area contributed by atoms with Crippen molar-refractivity contribution in [3.63, 3.8) is 0 Å². The third-order valence-corrected chi connectivity index (χ3v) is 2.90. The molecule has 0 saturated heterocycles. The third kappa shape index (κ3) is 9.30. The van der Waals surface area contributed by atoms with Gasteiger partial charge in [0.2, 0.25) is 5.91 Å². The van der Waals surface area contributed by atoms with E-state index < -0.39 is 30.6 Å². The molecule has 7 nitrogen and oxygen atoms in total. The molecule has 0 aliphatic carbocycles. The molecular weight excluding hydrogens is 343 g/mol. The van der Waals surface area contributed by atoms with Crippen LogP contribution in [0, 0.1) is 0 Å². The first-order valence-electron chi connectivity index (χ1n) is 7.17. The maximum absolute atomic E-state index is 12.0. The molecule has 0 heterocycles. The lowest BCUT2D eigenvalue weighted by atomic mass is 10.2. The Morgan fingerprint density at radius 3 is 2.32 bits per heavy atom. The van der Waals surface area contributed by atoms with Crippen LogP contribution in [0.25, 0.3) is 0 Å². The average molecular weight is 361 g/mol. The van der Waals surface area contributed by atoms with E-state index in [2.05, 4.69) is 4.74 Å². The zero-order valence-corrected chi connectivity index (χ0v) is 13.4. The Kier molecular flexibility index (Phi) is 7.86. The molecule has 0 aliphatic heterocycles. The molecule has 1 rings (SSSR count).